The van der Waals surface area contributed by atoms with E-state index in [4.69, 9.17) is 0 Å². The molecule has 0 bridgehead atoms. The minimum Gasteiger partial charge on any atom is -0.368 e. The Balaban J connectivity index is 1.48. The molecular formula is C21H25N7O. The van der Waals surface area contributed by atoms with Crippen molar-refractivity contribution < 1.29 is 4.79 Å². The Morgan fingerprint density at radius 1 is 0.897 bits per heavy atom. The molecule has 2 aromatic heterocycles. The fraction of sp³-hybridized carbons (Fsp3) is 0.238. The van der Waals surface area contributed by atoms with Crippen LogP contribution in [0, 0.1) is 20.8 Å². The summed E-state index contributed by atoms with van der Waals surface area (Å²) in [5.41, 5.74) is 3.00. The van der Waals surface area contributed by atoms with Crippen LogP contribution in [-0.4, -0.2) is 34.1 Å². The van der Waals surface area contributed by atoms with Gasteiger partial charge in [0, 0.05) is 31.0 Å². The number of hydrogen-bond donors (Lipinski definition) is 4. The first-order chi connectivity index (χ1) is 14.0. The van der Waals surface area contributed by atoms with Gasteiger partial charge in [-0.25, -0.2) is 19.7 Å². The van der Waals surface area contributed by atoms with Crippen molar-refractivity contribution in [2.75, 3.05) is 29.0 Å². The summed E-state index contributed by atoms with van der Waals surface area (Å²) in [6, 6.07) is 13.1. The number of carbonyl (C=O) groups excluding carboxylic acids is 1. The average molecular weight is 391 g/mol. The third-order valence-corrected chi connectivity index (χ3v) is 3.96. The first-order valence-corrected chi connectivity index (χ1v) is 9.39. The minimum atomic E-state index is -0.242. The molecule has 3 aromatic rings. The predicted octanol–water partition coefficient (Wildman–Crippen LogP) is 3.77. The molecule has 8 nitrogen and oxygen atoms in total. The van der Waals surface area contributed by atoms with Crippen molar-refractivity contribution in [3.8, 4) is 0 Å². The van der Waals surface area contributed by atoms with Crippen LogP contribution < -0.4 is 21.3 Å². The highest BCUT2D eigenvalue weighted by Crippen LogP contribution is 2.15. The Hall–Kier alpha value is -3.68. The van der Waals surface area contributed by atoms with Crippen LogP contribution in [0.3, 0.4) is 0 Å². The van der Waals surface area contributed by atoms with Gasteiger partial charge >= 0.3 is 6.03 Å². The summed E-state index contributed by atoms with van der Waals surface area (Å²) in [4.78, 5) is 25.0. The van der Waals surface area contributed by atoms with Crippen molar-refractivity contribution >= 4 is 29.2 Å². The van der Waals surface area contributed by atoms with Crippen LogP contribution in [-0.2, 0) is 0 Å². The van der Waals surface area contributed by atoms with Gasteiger partial charge in [0.05, 0.1) is 0 Å². The molecule has 0 spiro atoms. The van der Waals surface area contributed by atoms with E-state index in [0.717, 1.165) is 16.8 Å². The maximum atomic E-state index is 12.1. The summed E-state index contributed by atoms with van der Waals surface area (Å²) >= 11 is 0. The lowest BCUT2D eigenvalue weighted by atomic mass is 10.1. The number of amides is 2. The largest absolute Gasteiger partial charge is 0.368 e. The van der Waals surface area contributed by atoms with E-state index >= 15 is 0 Å². The van der Waals surface area contributed by atoms with Crippen LogP contribution >= 0.6 is 0 Å². The normalized spacial score (nSPS) is 10.3. The molecule has 2 heterocycles. The minimum absolute atomic E-state index is 0.242. The summed E-state index contributed by atoms with van der Waals surface area (Å²) in [5, 5.41) is 12.0. The summed E-state index contributed by atoms with van der Waals surface area (Å²) < 4.78 is 0. The zero-order valence-electron chi connectivity index (χ0n) is 16.8. The summed E-state index contributed by atoms with van der Waals surface area (Å²) in [6.45, 7) is 6.80. The van der Waals surface area contributed by atoms with Gasteiger partial charge in [-0.05, 0) is 56.2 Å². The number of nitrogens with one attached hydrogen (secondary N) is 4. The van der Waals surface area contributed by atoms with Crippen LogP contribution in [0.1, 0.15) is 17.0 Å². The summed E-state index contributed by atoms with van der Waals surface area (Å²) in [6.07, 6.45) is 1.71. The van der Waals surface area contributed by atoms with E-state index in [-0.39, 0.29) is 6.03 Å². The van der Waals surface area contributed by atoms with Crippen LogP contribution in [0.15, 0.2) is 48.7 Å². The molecule has 0 atom stereocenters. The third kappa shape index (κ3) is 6.46. The van der Waals surface area contributed by atoms with E-state index in [1.165, 1.54) is 0 Å². The number of benzene rings is 1. The van der Waals surface area contributed by atoms with Crippen molar-refractivity contribution in [2.45, 2.75) is 20.8 Å². The fourth-order valence-corrected chi connectivity index (χ4v) is 2.88. The summed E-state index contributed by atoms with van der Waals surface area (Å²) in [5.74, 6) is 2.67. The van der Waals surface area contributed by atoms with Crippen molar-refractivity contribution in [3.05, 3.63) is 65.6 Å². The fourth-order valence-electron chi connectivity index (χ4n) is 2.88. The first-order valence-electron chi connectivity index (χ1n) is 9.39. The molecule has 0 aliphatic carbocycles. The van der Waals surface area contributed by atoms with E-state index in [0.29, 0.717) is 36.4 Å². The molecule has 3 rings (SSSR count). The van der Waals surface area contributed by atoms with Crippen molar-refractivity contribution in [3.63, 3.8) is 0 Å². The molecule has 8 heteroatoms. The second-order valence-corrected chi connectivity index (χ2v) is 6.71. The van der Waals surface area contributed by atoms with Gasteiger partial charge in [-0.1, -0.05) is 12.1 Å². The van der Waals surface area contributed by atoms with Crippen LogP contribution in [0.5, 0.6) is 0 Å². The average Bonchev–Trinajstić information content (AvgIpc) is 2.65. The zero-order valence-corrected chi connectivity index (χ0v) is 16.8. The number of hydrogen-bond acceptors (Lipinski definition) is 6. The van der Waals surface area contributed by atoms with Crippen LogP contribution in [0.4, 0.5) is 27.9 Å². The molecule has 0 saturated carbocycles. The highest BCUT2D eigenvalue weighted by Gasteiger charge is 2.05. The van der Waals surface area contributed by atoms with Crippen LogP contribution in [0.2, 0.25) is 0 Å². The molecule has 2 amide bonds. The van der Waals surface area contributed by atoms with Gasteiger partial charge in [-0.2, -0.15) is 0 Å². The molecule has 4 N–H and O–H groups in total. The monoisotopic (exact) mass is 391 g/mol. The SMILES string of the molecule is Cc1cc(C)cc(NC(=O)NCCNc2cc(Nc3ccccn3)nc(C)n2)c1. The lowest BCUT2D eigenvalue weighted by molar-refractivity contribution is 0.252. The molecule has 0 unspecified atom stereocenters. The second-order valence-electron chi connectivity index (χ2n) is 6.71. The smallest absolute Gasteiger partial charge is 0.319 e. The van der Waals surface area contributed by atoms with Gasteiger partial charge in [0.25, 0.3) is 0 Å². The maximum absolute atomic E-state index is 12.1. The number of nitrogens with zero attached hydrogens (tertiary/aromatic N) is 3. The second kappa shape index (κ2) is 9.50. The number of carbonyl (C=O) groups is 1. The Bertz CT molecular complexity index is 956. The third-order valence-electron chi connectivity index (χ3n) is 3.96. The van der Waals surface area contributed by atoms with Crippen molar-refractivity contribution in [2.24, 2.45) is 0 Å². The topological polar surface area (TPSA) is 104 Å². The molecule has 150 valence electrons. The Kier molecular flexibility index (Phi) is 6.57. The van der Waals surface area contributed by atoms with Gasteiger partial charge < -0.3 is 21.3 Å². The molecule has 0 fully saturated rings. The number of aryl methyl sites for hydroxylation is 3. The number of urea groups is 1. The van der Waals surface area contributed by atoms with Gasteiger partial charge in [0.15, 0.2) is 0 Å². The van der Waals surface area contributed by atoms with Crippen LogP contribution in [0.25, 0.3) is 0 Å². The maximum Gasteiger partial charge on any atom is 0.319 e. The zero-order chi connectivity index (χ0) is 20.6. The molecule has 0 aliphatic heterocycles. The number of rotatable bonds is 7. The van der Waals surface area contributed by atoms with E-state index in [2.05, 4.69) is 42.3 Å². The molecule has 0 saturated heterocycles. The first kappa shape index (κ1) is 20.1. The van der Waals surface area contributed by atoms with E-state index < -0.39 is 0 Å². The highest BCUT2D eigenvalue weighted by molar-refractivity contribution is 5.89. The molecule has 0 radical (unpaired) electrons. The lowest BCUT2D eigenvalue weighted by Gasteiger charge is -2.11. The van der Waals surface area contributed by atoms with Crippen molar-refractivity contribution in [1.29, 1.82) is 0 Å². The Morgan fingerprint density at radius 3 is 2.38 bits per heavy atom. The number of pyridine rings is 1. The Morgan fingerprint density at radius 2 is 1.66 bits per heavy atom. The van der Waals surface area contributed by atoms with Gasteiger partial charge in [-0.3, -0.25) is 0 Å². The van der Waals surface area contributed by atoms with E-state index in [1.54, 1.807) is 12.3 Å². The summed E-state index contributed by atoms with van der Waals surface area (Å²) in [7, 11) is 0. The highest BCUT2D eigenvalue weighted by atomic mass is 16.2. The van der Waals surface area contributed by atoms with Crippen molar-refractivity contribution in [1.82, 2.24) is 20.3 Å². The Labute approximate surface area is 170 Å². The van der Waals surface area contributed by atoms with Gasteiger partial charge in [0.1, 0.15) is 23.3 Å². The molecule has 1 aromatic carbocycles. The van der Waals surface area contributed by atoms with E-state index in [1.807, 2.05) is 51.1 Å². The molecule has 0 aliphatic rings. The molecular weight excluding hydrogens is 366 g/mol. The predicted molar refractivity (Wildman–Crippen MR) is 116 cm³/mol. The standard InChI is InChI=1S/C21H25N7O/c1-14-10-15(2)12-17(11-14)27-21(29)24-9-8-23-19-13-20(26-16(3)25-19)28-18-6-4-5-7-22-18/h4-7,10-13H,8-9H2,1-3H3,(H2,24,27,29)(H2,22,23,25,26,28). The number of aromatic nitrogens is 3. The van der Waals surface area contributed by atoms with E-state index in [9.17, 15) is 4.79 Å². The molecule has 29 heavy (non-hydrogen) atoms. The van der Waals surface area contributed by atoms with Gasteiger partial charge in [-0.15, -0.1) is 0 Å². The lowest BCUT2D eigenvalue weighted by Crippen LogP contribution is -2.32. The quantitative estimate of drug-likeness (QED) is 0.457. The number of anilines is 4. The van der Waals surface area contributed by atoms with Gasteiger partial charge in [0.2, 0.25) is 0 Å².